The first-order chi connectivity index (χ1) is 17.2. The zero-order chi connectivity index (χ0) is 25.9. The lowest BCUT2D eigenvalue weighted by molar-refractivity contribution is -0.137. The van der Waals surface area contributed by atoms with E-state index in [1.54, 1.807) is 4.90 Å². The summed E-state index contributed by atoms with van der Waals surface area (Å²) in [5.74, 6) is -0.168. The Morgan fingerprint density at radius 3 is 2.19 bits per heavy atom. The van der Waals surface area contributed by atoms with Crippen molar-refractivity contribution in [3.8, 4) is 0 Å². The lowest BCUT2D eigenvalue weighted by Gasteiger charge is -2.43. The highest BCUT2D eigenvalue weighted by Gasteiger charge is 2.54. The van der Waals surface area contributed by atoms with Crippen molar-refractivity contribution in [3.63, 3.8) is 0 Å². The van der Waals surface area contributed by atoms with Gasteiger partial charge in [-0.05, 0) is 54.5 Å². The zero-order valence-electron chi connectivity index (χ0n) is 21.9. The molecule has 3 amide bonds. The summed E-state index contributed by atoms with van der Waals surface area (Å²) in [6.07, 6.45) is 1.90. The first-order valence-corrected chi connectivity index (χ1v) is 12.9. The van der Waals surface area contributed by atoms with Crippen LogP contribution in [0, 0.1) is 0 Å². The molecule has 2 fully saturated rings. The van der Waals surface area contributed by atoms with Crippen LogP contribution in [0.15, 0.2) is 54.6 Å². The van der Waals surface area contributed by atoms with Crippen molar-refractivity contribution in [3.05, 3.63) is 65.7 Å². The molecule has 0 bridgehead atoms. The van der Waals surface area contributed by atoms with Crippen molar-refractivity contribution in [1.82, 2.24) is 15.1 Å². The summed E-state index contributed by atoms with van der Waals surface area (Å²) in [6, 6.07) is 17.7. The van der Waals surface area contributed by atoms with E-state index in [1.807, 2.05) is 66.4 Å². The maximum absolute atomic E-state index is 13.8. The van der Waals surface area contributed by atoms with Gasteiger partial charge in [-0.25, -0.2) is 0 Å². The maximum Gasteiger partial charge on any atom is 0.253 e. The highest BCUT2D eigenvalue weighted by molar-refractivity contribution is 5.97. The first kappa shape index (κ1) is 25.7. The average molecular weight is 491 g/mol. The highest BCUT2D eigenvalue weighted by Crippen LogP contribution is 2.39. The number of para-hydroxylation sites is 1. The molecular formula is C29H38N4O3. The molecule has 2 aliphatic heterocycles. The fourth-order valence-electron chi connectivity index (χ4n) is 5.19. The van der Waals surface area contributed by atoms with E-state index in [-0.39, 0.29) is 29.7 Å². The van der Waals surface area contributed by atoms with Crippen molar-refractivity contribution < 1.29 is 14.4 Å². The molecule has 7 heteroatoms. The summed E-state index contributed by atoms with van der Waals surface area (Å²) in [5, 5.41) is 2.87. The maximum atomic E-state index is 13.8. The molecule has 2 saturated heterocycles. The molecule has 0 unspecified atom stereocenters. The van der Waals surface area contributed by atoms with Gasteiger partial charge in [0.2, 0.25) is 5.91 Å². The average Bonchev–Trinajstić information content (AvgIpc) is 3.13. The number of hydrogen-bond acceptors (Lipinski definition) is 4. The number of benzene rings is 2. The number of nitrogens with zero attached hydrogens (tertiary/aromatic N) is 3. The Labute approximate surface area is 214 Å². The molecule has 2 aliphatic rings. The molecule has 0 atom stereocenters. The number of anilines is 1. The lowest BCUT2D eigenvalue weighted by Crippen LogP contribution is -2.57. The third-order valence-electron chi connectivity index (χ3n) is 7.36. The minimum Gasteiger partial charge on any atom is -0.355 e. The van der Waals surface area contributed by atoms with Crippen LogP contribution < -0.4 is 10.2 Å². The van der Waals surface area contributed by atoms with Gasteiger partial charge in [-0.1, -0.05) is 58.0 Å². The molecule has 0 aromatic heterocycles. The molecule has 0 saturated carbocycles. The minimum atomic E-state index is -0.751. The third-order valence-corrected chi connectivity index (χ3v) is 7.36. The molecular weight excluding hydrogens is 452 g/mol. The standard InChI is InChI=1S/C29H38N4O3/c1-5-17-30-25(34)20-32-21-33(24-9-7-6-8-10-24)29(27(32)36)15-18-31(19-16-29)26(35)22-11-13-23(14-12-22)28(2,3)4/h6-14H,5,15-21H2,1-4H3,(H,30,34). The summed E-state index contributed by atoms with van der Waals surface area (Å²) in [7, 11) is 0. The van der Waals surface area contributed by atoms with Crippen LogP contribution in [0.25, 0.3) is 0 Å². The van der Waals surface area contributed by atoms with Gasteiger partial charge in [0.25, 0.3) is 11.8 Å². The van der Waals surface area contributed by atoms with Crippen LogP contribution in [-0.4, -0.2) is 65.9 Å². The van der Waals surface area contributed by atoms with Gasteiger partial charge in [-0.15, -0.1) is 0 Å². The Hall–Kier alpha value is -3.35. The number of likely N-dealkylation sites (tertiary alicyclic amines) is 1. The Kier molecular flexibility index (Phi) is 7.38. The number of nitrogens with one attached hydrogen (secondary N) is 1. The van der Waals surface area contributed by atoms with E-state index in [2.05, 4.69) is 31.0 Å². The Bertz CT molecular complexity index is 1080. The van der Waals surface area contributed by atoms with Gasteiger partial charge >= 0.3 is 0 Å². The Morgan fingerprint density at radius 1 is 0.972 bits per heavy atom. The monoisotopic (exact) mass is 490 g/mol. The predicted molar refractivity (Wildman–Crippen MR) is 142 cm³/mol. The number of carbonyl (C=O) groups is 3. The van der Waals surface area contributed by atoms with E-state index >= 15 is 0 Å². The third kappa shape index (κ3) is 5.11. The normalized spacial score (nSPS) is 17.6. The van der Waals surface area contributed by atoms with Gasteiger partial charge in [-0.3, -0.25) is 14.4 Å². The summed E-state index contributed by atoms with van der Waals surface area (Å²) in [5.41, 5.74) is 2.10. The number of amides is 3. The van der Waals surface area contributed by atoms with Crippen LogP contribution in [0.2, 0.25) is 0 Å². The second-order valence-electron chi connectivity index (χ2n) is 10.9. The summed E-state index contributed by atoms with van der Waals surface area (Å²) in [4.78, 5) is 45.1. The van der Waals surface area contributed by atoms with E-state index in [1.165, 1.54) is 5.56 Å². The quantitative estimate of drug-likeness (QED) is 0.669. The minimum absolute atomic E-state index is 0.00202. The van der Waals surface area contributed by atoms with E-state index < -0.39 is 5.54 Å². The number of hydrogen-bond donors (Lipinski definition) is 1. The molecule has 1 N–H and O–H groups in total. The van der Waals surface area contributed by atoms with Gasteiger partial charge in [0.05, 0.1) is 6.67 Å². The molecule has 2 aromatic rings. The van der Waals surface area contributed by atoms with Crippen molar-refractivity contribution >= 4 is 23.4 Å². The van der Waals surface area contributed by atoms with Crippen molar-refractivity contribution in [1.29, 1.82) is 0 Å². The van der Waals surface area contributed by atoms with Crippen molar-refractivity contribution in [2.24, 2.45) is 0 Å². The molecule has 36 heavy (non-hydrogen) atoms. The number of carbonyl (C=O) groups excluding carboxylic acids is 3. The van der Waals surface area contributed by atoms with E-state index in [9.17, 15) is 14.4 Å². The van der Waals surface area contributed by atoms with Gasteiger partial charge in [-0.2, -0.15) is 0 Å². The zero-order valence-corrected chi connectivity index (χ0v) is 21.9. The smallest absolute Gasteiger partial charge is 0.253 e. The van der Waals surface area contributed by atoms with Crippen LogP contribution in [-0.2, 0) is 15.0 Å². The topological polar surface area (TPSA) is 73.0 Å². The van der Waals surface area contributed by atoms with Crippen LogP contribution in [0.3, 0.4) is 0 Å². The van der Waals surface area contributed by atoms with E-state index in [4.69, 9.17) is 0 Å². The molecule has 1 spiro atoms. The highest BCUT2D eigenvalue weighted by atomic mass is 16.2. The fraction of sp³-hybridized carbons (Fsp3) is 0.483. The largest absolute Gasteiger partial charge is 0.355 e. The van der Waals surface area contributed by atoms with E-state index in [0.717, 1.165) is 12.1 Å². The van der Waals surface area contributed by atoms with Gasteiger partial charge in [0.1, 0.15) is 12.1 Å². The summed E-state index contributed by atoms with van der Waals surface area (Å²) < 4.78 is 0. The number of rotatable bonds is 6. The molecule has 0 aliphatic carbocycles. The predicted octanol–water partition coefficient (Wildman–Crippen LogP) is 3.79. The SMILES string of the molecule is CCCNC(=O)CN1CN(c2ccccc2)C2(CCN(C(=O)c3ccc(C(C)(C)C)cc3)CC2)C1=O. The number of piperidine rings is 1. The molecule has 192 valence electrons. The molecule has 2 aromatic carbocycles. The van der Waals surface area contributed by atoms with Crippen molar-refractivity contribution in [2.75, 3.05) is 37.7 Å². The fourth-order valence-corrected chi connectivity index (χ4v) is 5.19. The second-order valence-corrected chi connectivity index (χ2v) is 10.9. The molecule has 2 heterocycles. The molecule has 7 nitrogen and oxygen atoms in total. The summed E-state index contributed by atoms with van der Waals surface area (Å²) in [6.45, 7) is 10.5. The van der Waals surface area contributed by atoms with Crippen LogP contribution in [0.4, 0.5) is 5.69 Å². The van der Waals surface area contributed by atoms with Crippen molar-refractivity contribution in [2.45, 2.75) is 57.9 Å². The molecule has 4 rings (SSSR count). The van der Waals surface area contributed by atoms with Crippen LogP contribution in [0.5, 0.6) is 0 Å². The lowest BCUT2D eigenvalue weighted by atomic mass is 9.84. The second kappa shape index (κ2) is 10.3. The van der Waals surface area contributed by atoms with Crippen LogP contribution in [0.1, 0.15) is 62.9 Å². The molecule has 0 radical (unpaired) electrons. The Morgan fingerprint density at radius 2 is 1.61 bits per heavy atom. The van der Waals surface area contributed by atoms with Crippen LogP contribution >= 0.6 is 0 Å². The van der Waals surface area contributed by atoms with E-state index in [0.29, 0.717) is 44.7 Å². The summed E-state index contributed by atoms with van der Waals surface area (Å²) >= 11 is 0. The Balaban J connectivity index is 1.51. The van der Waals surface area contributed by atoms with Gasteiger partial charge in [0.15, 0.2) is 0 Å². The van der Waals surface area contributed by atoms with Gasteiger partial charge < -0.3 is 20.0 Å². The first-order valence-electron chi connectivity index (χ1n) is 12.9. The van der Waals surface area contributed by atoms with Gasteiger partial charge in [0, 0.05) is 30.9 Å².